The third kappa shape index (κ3) is 5.12. The summed E-state index contributed by atoms with van der Waals surface area (Å²) < 4.78 is 5.35. The van der Waals surface area contributed by atoms with E-state index in [-0.39, 0.29) is 25.0 Å². The maximum atomic E-state index is 12.3. The quantitative estimate of drug-likeness (QED) is 0.851. The van der Waals surface area contributed by atoms with E-state index in [2.05, 4.69) is 5.32 Å². The SMILES string of the molecule is CCN(C(=O)CNC(=O)COc1ccccc1)c1cccc(C)c1. The molecule has 0 spiro atoms. The maximum absolute atomic E-state index is 12.3. The number of aryl methyl sites for hydroxylation is 1. The van der Waals surface area contributed by atoms with Crippen molar-refractivity contribution in [2.24, 2.45) is 0 Å². The number of hydrogen-bond donors (Lipinski definition) is 1. The van der Waals surface area contributed by atoms with Gasteiger partial charge in [-0.15, -0.1) is 0 Å². The normalized spacial score (nSPS) is 10.1. The third-order valence-electron chi connectivity index (χ3n) is 3.48. The van der Waals surface area contributed by atoms with Crippen molar-refractivity contribution in [2.45, 2.75) is 13.8 Å². The van der Waals surface area contributed by atoms with E-state index in [0.29, 0.717) is 12.3 Å². The molecule has 126 valence electrons. The van der Waals surface area contributed by atoms with Crippen LogP contribution >= 0.6 is 0 Å². The van der Waals surface area contributed by atoms with E-state index in [1.807, 2.05) is 56.3 Å². The summed E-state index contributed by atoms with van der Waals surface area (Å²) in [6.07, 6.45) is 0. The Balaban J connectivity index is 1.83. The highest BCUT2D eigenvalue weighted by Gasteiger charge is 2.15. The summed E-state index contributed by atoms with van der Waals surface area (Å²) in [6, 6.07) is 16.8. The lowest BCUT2D eigenvalue weighted by molar-refractivity contribution is -0.126. The van der Waals surface area contributed by atoms with Gasteiger partial charge in [0, 0.05) is 12.2 Å². The van der Waals surface area contributed by atoms with Crippen LogP contribution in [0.15, 0.2) is 54.6 Å². The van der Waals surface area contributed by atoms with E-state index in [4.69, 9.17) is 4.74 Å². The van der Waals surface area contributed by atoms with Crippen LogP contribution in [0, 0.1) is 6.92 Å². The second kappa shape index (κ2) is 8.72. The minimum atomic E-state index is -0.326. The van der Waals surface area contributed by atoms with Crippen LogP contribution in [0.3, 0.4) is 0 Å². The Morgan fingerprint density at radius 3 is 2.50 bits per heavy atom. The molecule has 2 aromatic carbocycles. The molecule has 0 fully saturated rings. The average Bonchev–Trinajstić information content (AvgIpc) is 2.60. The van der Waals surface area contributed by atoms with Crippen molar-refractivity contribution < 1.29 is 14.3 Å². The number of carbonyl (C=O) groups excluding carboxylic acids is 2. The van der Waals surface area contributed by atoms with Crippen LogP contribution in [0.5, 0.6) is 5.75 Å². The van der Waals surface area contributed by atoms with Gasteiger partial charge in [-0.05, 0) is 43.7 Å². The number of benzene rings is 2. The summed E-state index contributed by atoms with van der Waals surface area (Å²) in [5.74, 6) is 0.137. The van der Waals surface area contributed by atoms with Crippen molar-refractivity contribution in [1.29, 1.82) is 0 Å². The standard InChI is InChI=1S/C19H22N2O3/c1-3-21(16-9-7-8-15(2)12-16)19(23)13-20-18(22)14-24-17-10-5-4-6-11-17/h4-12H,3,13-14H2,1-2H3,(H,20,22). The maximum Gasteiger partial charge on any atom is 0.258 e. The Kier molecular flexibility index (Phi) is 6.37. The first-order valence-corrected chi connectivity index (χ1v) is 7.91. The molecule has 0 saturated heterocycles. The molecular weight excluding hydrogens is 304 g/mol. The number of nitrogens with zero attached hydrogens (tertiary/aromatic N) is 1. The minimum absolute atomic E-state index is 0.0568. The van der Waals surface area contributed by atoms with E-state index in [9.17, 15) is 9.59 Å². The average molecular weight is 326 g/mol. The van der Waals surface area contributed by atoms with Gasteiger partial charge in [-0.25, -0.2) is 0 Å². The largest absolute Gasteiger partial charge is 0.484 e. The molecule has 1 N–H and O–H groups in total. The smallest absolute Gasteiger partial charge is 0.258 e. The molecule has 0 aliphatic rings. The summed E-state index contributed by atoms with van der Waals surface area (Å²) in [6.45, 7) is 4.25. The predicted molar refractivity (Wildman–Crippen MR) is 94.2 cm³/mol. The van der Waals surface area contributed by atoms with Gasteiger partial charge in [0.1, 0.15) is 5.75 Å². The fourth-order valence-electron chi connectivity index (χ4n) is 2.29. The zero-order valence-corrected chi connectivity index (χ0v) is 14.0. The molecule has 2 amide bonds. The number of ether oxygens (including phenoxy) is 1. The van der Waals surface area contributed by atoms with Crippen molar-refractivity contribution >= 4 is 17.5 Å². The Morgan fingerprint density at radius 1 is 1.08 bits per heavy atom. The van der Waals surface area contributed by atoms with Crippen LogP contribution < -0.4 is 15.0 Å². The first-order chi connectivity index (χ1) is 11.6. The van der Waals surface area contributed by atoms with Gasteiger partial charge in [0.15, 0.2) is 6.61 Å². The second-order valence-electron chi connectivity index (χ2n) is 5.36. The molecule has 0 unspecified atom stereocenters. The Labute approximate surface area is 142 Å². The molecule has 0 saturated carbocycles. The number of rotatable bonds is 7. The zero-order chi connectivity index (χ0) is 17.4. The molecule has 0 heterocycles. The van der Waals surface area contributed by atoms with Crippen molar-refractivity contribution in [3.8, 4) is 5.75 Å². The van der Waals surface area contributed by atoms with E-state index in [0.717, 1.165) is 11.3 Å². The van der Waals surface area contributed by atoms with Crippen LogP contribution in [0.1, 0.15) is 12.5 Å². The highest BCUT2D eigenvalue weighted by atomic mass is 16.5. The van der Waals surface area contributed by atoms with Gasteiger partial charge in [-0.2, -0.15) is 0 Å². The Morgan fingerprint density at radius 2 is 1.83 bits per heavy atom. The van der Waals surface area contributed by atoms with Crippen LogP contribution in [-0.4, -0.2) is 31.5 Å². The van der Waals surface area contributed by atoms with Crippen molar-refractivity contribution in [3.05, 3.63) is 60.2 Å². The van der Waals surface area contributed by atoms with Gasteiger partial charge in [0.2, 0.25) is 5.91 Å². The number of para-hydroxylation sites is 1. The molecule has 24 heavy (non-hydrogen) atoms. The summed E-state index contributed by atoms with van der Waals surface area (Å²) in [7, 11) is 0. The van der Waals surface area contributed by atoms with Crippen molar-refractivity contribution in [3.63, 3.8) is 0 Å². The van der Waals surface area contributed by atoms with Crippen LogP contribution in [0.25, 0.3) is 0 Å². The number of carbonyl (C=O) groups is 2. The number of anilines is 1. The summed E-state index contributed by atoms with van der Waals surface area (Å²) in [4.78, 5) is 25.8. The third-order valence-corrected chi connectivity index (χ3v) is 3.48. The van der Waals surface area contributed by atoms with Gasteiger partial charge in [0.05, 0.1) is 6.54 Å². The molecule has 0 atom stereocenters. The number of hydrogen-bond acceptors (Lipinski definition) is 3. The highest BCUT2D eigenvalue weighted by Crippen LogP contribution is 2.15. The number of likely N-dealkylation sites (N-methyl/N-ethyl adjacent to an activating group) is 1. The first kappa shape index (κ1) is 17.5. The lowest BCUT2D eigenvalue weighted by atomic mass is 10.2. The summed E-state index contributed by atoms with van der Waals surface area (Å²) in [5, 5.41) is 2.60. The fourth-order valence-corrected chi connectivity index (χ4v) is 2.29. The Bertz CT molecular complexity index is 686. The van der Waals surface area contributed by atoms with Gasteiger partial charge >= 0.3 is 0 Å². The molecule has 0 aromatic heterocycles. The van der Waals surface area contributed by atoms with Gasteiger partial charge in [0.25, 0.3) is 5.91 Å². The molecule has 0 radical (unpaired) electrons. The molecule has 0 bridgehead atoms. The lowest BCUT2D eigenvalue weighted by Gasteiger charge is -2.21. The molecule has 0 aliphatic heterocycles. The topological polar surface area (TPSA) is 58.6 Å². The summed E-state index contributed by atoms with van der Waals surface area (Å²) in [5.41, 5.74) is 1.91. The van der Waals surface area contributed by atoms with Crippen LogP contribution in [0.4, 0.5) is 5.69 Å². The van der Waals surface area contributed by atoms with E-state index < -0.39 is 0 Å². The molecular formula is C19H22N2O3. The first-order valence-electron chi connectivity index (χ1n) is 7.91. The molecule has 5 nitrogen and oxygen atoms in total. The predicted octanol–water partition coefficient (Wildman–Crippen LogP) is 2.54. The van der Waals surface area contributed by atoms with Gasteiger partial charge in [-0.1, -0.05) is 30.3 Å². The Hall–Kier alpha value is -2.82. The minimum Gasteiger partial charge on any atom is -0.484 e. The number of nitrogens with one attached hydrogen (secondary N) is 1. The molecule has 2 aromatic rings. The lowest BCUT2D eigenvalue weighted by Crippen LogP contribution is -2.41. The van der Waals surface area contributed by atoms with Gasteiger partial charge in [-0.3, -0.25) is 9.59 Å². The molecule has 5 heteroatoms. The summed E-state index contributed by atoms with van der Waals surface area (Å²) >= 11 is 0. The monoisotopic (exact) mass is 326 g/mol. The van der Waals surface area contributed by atoms with E-state index in [1.54, 1.807) is 17.0 Å². The van der Waals surface area contributed by atoms with Crippen molar-refractivity contribution in [1.82, 2.24) is 5.32 Å². The second-order valence-corrected chi connectivity index (χ2v) is 5.36. The van der Waals surface area contributed by atoms with Crippen molar-refractivity contribution in [2.75, 3.05) is 24.6 Å². The molecule has 2 rings (SSSR count). The van der Waals surface area contributed by atoms with E-state index in [1.165, 1.54) is 0 Å². The highest BCUT2D eigenvalue weighted by molar-refractivity contribution is 5.96. The number of amides is 2. The fraction of sp³-hybridized carbons (Fsp3) is 0.263. The van der Waals surface area contributed by atoms with Crippen LogP contribution in [-0.2, 0) is 9.59 Å². The van der Waals surface area contributed by atoms with Gasteiger partial charge < -0.3 is 15.0 Å². The van der Waals surface area contributed by atoms with E-state index >= 15 is 0 Å². The van der Waals surface area contributed by atoms with Crippen LogP contribution in [0.2, 0.25) is 0 Å². The zero-order valence-electron chi connectivity index (χ0n) is 14.0. The molecule has 0 aliphatic carbocycles.